The van der Waals surface area contributed by atoms with Crippen LogP contribution in [0.4, 0.5) is 28.6 Å². The van der Waals surface area contributed by atoms with Crippen molar-refractivity contribution in [1.82, 2.24) is 15.0 Å². The van der Waals surface area contributed by atoms with Gasteiger partial charge in [-0.2, -0.15) is 0 Å². The Hall–Kier alpha value is -4.52. The molecular weight excluding hydrogens is 400 g/mol. The molecule has 158 valence electrons. The van der Waals surface area contributed by atoms with Crippen LogP contribution in [0.3, 0.4) is 0 Å². The van der Waals surface area contributed by atoms with E-state index < -0.39 is 0 Å². The second-order valence-corrected chi connectivity index (χ2v) is 6.96. The molecule has 1 amide bonds. The number of amides is 1. The lowest BCUT2D eigenvalue weighted by molar-refractivity contribution is 0.102. The molecule has 3 aromatic heterocycles. The van der Waals surface area contributed by atoms with Crippen molar-refractivity contribution >= 4 is 47.1 Å². The van der Waals surface area contributed by atoms with Crippen molar-refractivity contribution in [2.45, 2.75) is 6.92 Å². The predicted octanol–water partition coefficient (Wildman–Crippen LogP) is 3.82. The van der Waals surface area contributed by atoms with Gasteiger partial charge in [0, 0.05) is 46.4 Å². The minimum absolute atomic E-state index is 0.231. The van der Waals surface area contributed by atoms with Crippen LogP contribution < -0.4 is 26.5 Å². The first-order chi connectivity index (χ1) is 15.6. The van der Waals surface area contributed by atoms with Crippen LogP contribution >= 0.6 is 0 Å². The van der Waals surface area contributed by atoms with Gasteiger partial charge in [-0.1, -0.05) is 12.7 Å². The molecule has 0 aliphatic heterocycles. The molecule has 0 saturated carbocycles. The van der Waals surface area contributed by atoms with Gasteiger partial charge < -0.3 is 16.0 Å². The SMILES string of the molecule is C=c1nccc(Nc2ccc(C(=O)Nc3ccc(Nc4ccncc4)cn3)cc2)/c1=C/C. The van der Waals surface area contributed by atoms with E-state index in [1.165, 1.54) is 0 Å². The molecule has 3 N–H and O–H groups in total. The van der Waals surface area contributed by atoms with E-state index >= 15 is 0 Å². The highest BCUT2D eigenvalue weighted by Gasteiger charge is 2.07. The Balaban J connectivity index is 1.40. The van der Waals surface area contributed by atoms with Crippen LogP contribution in [0, 0.1) is 0 Å². The van der Waals surface area contributed by atoms with Crippen molar-refractivity contribution in [2.75, 3.05) is 16.0 Å². The zero-order chi connectivity index (χ0) is 22.3. The molecule has 0 fully saturated rings. The fourth-order valence-electron chi connectivity index (χ4n) is 3.14. The lowest BCUT2D eigenvalue weighted by Gasteiger charge is -2.10. The number of nitrogens with one attached hydrogen (secondary N) is 3. The third kappa shape index (κ3) is 4.96. The summed E-state index contributed by atoms with van der Waals surface area (Å²) in [6.45, 7) is 5.89. The Bertz CT molecular complexity index is 1320. The lowest BCUT2D eigenvalue weighted by atomic mass is 10.2. The summed E-state index contributed by atoms with van der Waals surface area (Å²) < 4.78 is 0. The molecule has 1 aromatic carbocycles. The number of benzene rings is 1. The van der Waals surface area contributed by atoms with Gasteiger partial charge in [0.05, 0.1) is 17.2 Å². The van der Waals surface area contributed by atoms with Crippen LogP contribution in [-0.2, 0) is 0 Å². The van der Waals surface area contributed by atoms with Crippen LogP contribution in [0.1, 0.15) is 17.3 Å². The fourth-order valence-corrected chi connectivity index (χ4v) is 3.14. The van der Waals surface area contributed by atoms with Gasteiger partial charge in [-0.15, -0.1) is 0 Å². The number of rotatable bonds is 6. The lowest BCUT2D eigenvalue weighted by Crippen LogP contribution is -2.28. The second-order valence-electron chi connectivity index (χ2n) is 6.96. The van der Waals surface area contributed by atoms with Gasteiger partial charge in [0.25, 0.3) is 5.91 Å². The normalized spacial score (nSPS) is 11.1. The molecule has 0 unspecified atom stereocenters. The van der Waals surface area contributed by atoms with E-state index in [9.17, 15) is 4.79 Å². The van der Waals surface area contributed by atoms with Crippen molar-refractivity contribution in [3.05, 3.63) is 95.5 Å². The van der Waals surface area contributed by atoms with Crippen molar-refractivity contribution < 1.29 is 4.79 Å². The number of hydrogen-bond acceptors (Lipinski definition) is 6. The highest BCUT2D eigenvalue weighted by Crippen LogP contribution is 2.17. The number of carbonyl (C=O) groups excluding carboxylic acids is 1. The molecule has 4 aromatic rings. The minimum atomic E-state index is -0.231. The maximum atomic E-state index is 12.6. The van der Waals surface area contributed by atoms with E-state index in [0.717, 1.165) is 28.0 Å². The number of nitrogens with zero attached hydrogens (tertiary/aromatic N) is 3. The molecule has 7 heteroatoms. The summed E-state index contributed by atoms with van der Waals surface area (Å²) in [5.41, 5.74) is 4.03. The van der Waals surface area contributed by atoms with Crippen molar-refractivity contribution in [2.24, 2.45) is 0 Å². The standard InChI is InChI=1S/C25H22N6O/c1-3-22-17(2)27-15-12-23(22)30-19-6-4-18(5-7-19)25(32)31-24-9-8-21(16-28-24)29-20-10-13-26-14-11-20/h3-16,30H,2H2,1H3,(H,26,29)(H,28,31,32)/b22-3+. The van der Waals surface area contributed by atoms with E-state index in [0.29, 0.717) is 16.7 Å². The van der Waals surface area contributed by atoms with E-state index in [-0.39, 0.29) is 5.91 Å². The summed E-state index contributed by atoms with van der Waals surface area (Å²) in [7, 11) is 0. The topological polar surface area (TPSA) is 91.8 Å². The molecule has 3 heterocycles. The Labute approximate surface area is 185 Å². The zero-order valence-electron chi connectivity index (χ0n) is 17.5. The first kappa shape index (κ1) is 20.7. The molecule has 0 bridgehead atoms. The summed E-state index contributed by atoms with van der Waals surface area (Å²) in [6.07, 6.45) is 8.76. The Morgan fingerprint density at radius 1 is 0.844 bits per heavy atom. The third-order valence-electron chi connectivity index (χ3n) is 4.76. The largest absolute Gasteiger partial charge is 0.355 e. The number of hydrogen-bond donors (Lipinski definition) is 3. The number of aromatic nitrogens is 3. The molecule has 0 atom stereocenters. The highest BCUT2D eigenvalue weighted by atomic mass is 16.1. The smallest absolute Gasteiger partial charge is 0.256 e. The van der Waals surface area contributed by atoms with Gasteiger partial charge in [-0.25, -0.2) is 4.98 Å². The molecule has 4 rings (SSSR count). The first-order valence-electron chi connectivity index (χ1n) is 10.0. The molecular formula is C25H22N6O. The second kappa shape index (κ2) is 9.53. The van der Waals surface area contributed by atoms with Crippen LogP contribution in [0.2, 0.25) is 0 Å². The number of carbonyl (C=O) groups is 1. The summed E-state index contributed by atoms with van der Waals surface area (Å²) in [5, 5.41) is 11.0. The average Bonchev–Trinajstić information content (AvgIpc) is 2.82. The maximum Gasteiger partial charge on any atom is 0.256 e. The molecule has 0 aliphatic rings. The van der Waals surface area contributed by atoms with Crippen LogP contribution in [0.15, 0.2) is 79.4 Å². The summed E-state index contributed by atoms with van der Waals surface area (Å²) in [4.78, 5) is 25.1. The van der Waals surface area contributed by atoms with Gasteiger partial charge in [-0.05, 0) is 61.5 Å². The Morgan fingerprint density at radius 3 is 2.25 bits per heavy atom. The molecule has 0 radical (unpaired) electrons. The fraction of sp³-hybridized carbons (Fsp3) is 0.0400. The molecule has 0 spiro atoms. The minimum Gasteiger partial charge on any atom is -0.355 e. The average molecular weight is 422 g/mol. The predicted molar refractivity (Wildman–Crippen MR) is 129 cm³/mol. The Morgan fingerprint density at radius 2 is 1.56 bits per heavy atom. The van der Waals surface area contributed by atoms with Crippen LogP contribution in [-0.4, -0.2) is 20.9 Å². The van der Waals surface area contributed by atoms with Crippen molar-refractivity contribution in [3.8, 4) is 0 Å². The summed E-state index contributed by atoms with van der Waals surface area (Å²) in [6, 6.07) is 16.5. The van der Waals surface area contributed by atoms with Gasteiger partial charge >= 0.3 is 0 Å². The third-order valence-corrected chi connectivity index (χ3v) is 4.76. The maximum absolute atomic E-state index is 12.6. The first-order valence-corrected chi connectivity index (χ1v) is 10.0. The molecule has 32 heavy (non-hydrogen) atoms. The van der Waals surface area contributed by atoms with E-state index in [1.807, 2.05) is 49.4 Å². The number of pyridine rings is 3. The van der Waals surface area contributed by atoms with Gasteiger partial charge in [0.1, 0.15) is 5.82 Å². The van der Waals surface area contributed by atoms with Crippen LogP contribution in [0.5, 0.6) is 0 Å². The van der Waals surface area contributed by atoms with Crippen molar-refractivity contribution in [1.29, 1.82) is 0 Å². The van der Waals surface area contributed by atoms with Gasteiger partial charge in [0.2, 0.25) is 0 Å². The summed E-state index contributed by atoms with van der Waals surface area (Å²) >= 11 is 0. The van der Waals surface area contributed by atoms with Gasteiger partial charge in [-0.3, -0.25) is 14.8 Å². The van der Waals surface area contributed by atoms with Crippen molar-refractivity contribution in [3.63, 3.8) is 0 Å². The van der Waals surface area contributed by atoms with E-state index in [1.54, 1.807) is 43.0 Å². The zero-order valence-corrected chi connectivity index (χ0v) is 17.5. The Kier molecular flexibility index (Phi) is 6.17. The van der Waals surface area contributed by atoms with E-state index in [2.05, 4.69) is 37.5 Å². The van der Waals surface area contributed by atoms with Gasteiger partial charge in [0.15, 0.2) is 0 Å². The molecule has 7 nitrogen and oxygen atoms in total. The summed E-state index contributed by atoms with van der Waals surface area (Å²) in [5.74, 6) is 0.241. The monoisotopic (exact) mass is 422 g/mol. The quantitative estimate of drug-likeness (QED) is 0.438. The molecule has 0 aliphatic carbocycles. The molecule has 0 saturated heterocycles. The highest BCUT2D eigenvalue weighted by molar-refractivity contribution is 6.04. The van der Waals surface area contributed by atoms with E-state index in [4.69, 9.17) is 0 Å². The number of anilines is 5. The van der Waals surface area contributed by atoms with Crippen LogP contribution in [0.25, 0.3) is 12.7 Å².